The molecule has 13 heteroatoms. The maximum Gasteiger partial charge on any atom is 0.416 e. The zero-order valence-electron chi connectivity index (χ0n) is 21.5. The van der Waals surface area contributed by atoms with E-state index in [-0.39, 0.29) is 30.4 Å². The lowest BCUT2D eigenvalue weighted by Crippen LogP contribution is -2.55. The SMILES string of the molecule is C[C@@H]1CN(c2nc(=O)n3c4c(cc(C(F)(F)F)cc24)[SH](c2cc(Cl)cs2)CC(c2cncc(F)c2)C3)C[C@H](C)N1. The van der Waals surface area contributed by atoms with Gasteiger partial charge in [0.2, 0.25) is 0 Å². The summed E-state index contributed by atoms with van der Waals surface area (Å²) in [4.78, 5) is 24.4. The van der Waals surface area contributed by atoms with Crippen LogP contribution >= 0.6 is 33.8 Å². The van der Waals surface area contributed by atoms with Crippen LogP contribution in [-0.4, -0.2) is 45.5 Å². The number of hydrogen-bond donors (Lipinski definition) is 2. The molecule has 1 N–H and O–H groups in total. The van der Waals surface area contributed by atoms with E-state index >= 15 is 0 Å². The maximum absolute atomic E-state index is 14.4. The molecule has 6 rings (SSSR count). The molecule has 0 bridgehead atoms. The minimum Gasteiger partial charge on any atom is -0.353 e. The summed E-state index contributed by atoms with van der Waals surface area (Å²) in [5.74, 6) is -0.250. The third kappa shape index (κ3) is 5.10. The van der Waals surface area contributed by atoms with Crippen LogP contribution in [0.3, 0.4) is 0 Å². The largest absolute Gasteiger partial charge is 0.416 e. The molecular formula is C27H26ClF4N5OS2. The first-order chi connectivity index (χ1) is 19.0. The van der Waals surface area contributed by atoms with Crippen molar-refractivity contribution in [1.29, 1.82) is 0 Å². The van der Waals surface area contributed by atoms with Crippen LogP contribution in [0, 0.1) is 5.82 Å². The fourth-order valence-electron chi connectivity index (χ4n) is 5.77. The number of nitrogens with zero attached hydrogens (tertiary/aromatic N) is 4. The van der Waals surface area contributed by atoms with Crippen LogP contribution < -0.4 is 15.9 Å². The molecule has 0 amide bonds. The lowest BCUT2D eigenvalue weighted by Gasteiger charge is -2.37. The highest BCUT2D eigenvalue weighted by atomic mass is 35.5. The number of thiophene rings is 1. The van der Waals surface area contributed by atoms with E-state index in [1.165, 1.54) is 28.0 Å². The van der Waals surface area contributed by atoms with E-state index in [1.54, 1.807) is 17.6 Å². The quantitative estimate of drug-likeness (QED) is 0.218. The van der Waals surface area contributed by atoms with E-state index in [9.17, 15) is 22.4 Å². The molecule has 3 aromatic heterocycles. The molecular weight excluding hydrogens is 586 g/mol. The smallest absolute Gasteiger partial charge is 0.353 e. The van der Waals surface area contributed by atoms with Crippen LogP contribution in [0.15, 0.2) is 55.9 Å². The van der Waals surface area contributed by atoms with Gasteiger partial charge in [0.1, 0.15) is 11.6 Å². The number of hydrogen-bond acceptors (Lipinski definition) is 6. The molecule has 0 radical (unpaired) electrons. The van der Waals surface area contributed by atoms with E-state index in [4.69, 9.17) is 11.6 Å². The number of aromatic nitrogens is 3. The average Bonchev–Trinajstić information content (AvgIpc) is 3.23. The van der Waals surface area contributed by atoms with Crippen molar-refractivity contribution in [3.05, 3.63) is 74.5 Å². The number of benzene rings is 1. The fraction of sp³-hybridized carbons (Fsp3) is 0.370. The van der Waals surface area contributed by atoms with Gasteiger partial charge in [0, 0.05) is 63.7 Å². The molecule has 5 heterocycles. The molecule has 0 saturated carbocycles. The first-order valence-corrected chi connectivity index (χ1v) is 15.5. The Morgan fingerprint density at radius 1 is 1.10 bits per heavy atom. The molecule has 1 saturated heterocycles. The molecule has 2 aliphatic rings. The van der Waals surface area contributed by atoms with Crippen LogP contribution in [0.2, 0.25) is 5.02 Å². The summed E-state index contributed by atoms with van der Waals surface area (Å²) in [5, 5.41) is 5.95. The highest BCUT2D eigenvalue weighted by molar-refractivity contribution is 8.18. The number of alkyl halides is 3. The molecule has 1 aromatic carbocycles. The molecule has 2 aliphatic heterocycles. The Kier molecular flexibility index (Phi) is 7.09. The summed E-state index contributed by atoms with van der Waals surface area (Å²) in [6.45, 7) is 5.11. The fourth-order valence-corrected chi connectivity index (χ4v) is 10.3. The van der Waals surface area contributed by atoms with Crippen molar-refractivity contribution in [2.75, 3.05) is 23.7 Å². The Morgan fingerprint density at radius 2 is 1.85 bits per heavy atom. The van der Waals surface area contributed by atoms with Gasteiger partial charge in [-0.1, -0.05) is 11.6 Å². The molecule has 0 spiro atoms. The topological polar surface area (TPSA) is 63.1 Å². The summed E-state index contributed by atoms with van der Waals surface area (Å²) in [5.41, 5.74) is -0.310. The predicted octanol–water partition coefficient (Wildman–Crippen LogP) is 6.07. The van der Waals surface area contributed by atoms with Crippen LogP contribution in [0.1, 0.15) is 30.9 Å². The first kappa shape index (κ1) is 27.5. The van der Waals surface area contributed by atoms with E-state index in [2.05, 4.69) is 15.3 Å². The van der Waals surface area contributed by atoms with Crippen molar-refractivity contribution >= 4 is 50.6 Å². The zero-order valence-corrected chi connectivity index (χ0v) is 24.0. The summed E-state index contributed by atoms with van der Waals surface area (Å²) in [6, 6.07) is 5.56. The standard InChI is InChI=1S/C27H26ClF4N5OS2/c1-14-9-36(10-15(2)34-14)25-21-4-18(27(30,31)32)5-22-24(21)37(26(38)35-25)11-17(16-3-20(29)8-33-7-16)13-40(22)23-6-19(28)12-39-23/h3-8,12,14-15,17,34,40H,9-11,13H2,1-2H3/t14-,15+,17?. The Balaban J connectivity index is 1.66. The van der Waals surface area contributed by atoms with Crippen LogP contribution in [0.5, 0.6) is 0 Å². The molecule has 0 aliphatic carbocycles. The highest BCUT2D eigenvalue weighted by Gasteiger charge is 2.37. The Morgan fingerprint density at radius 3 is 2.50 bits per heavy atom. The first-order valence-electron chi connectivity index (χ1n) is 12.8. The molecule has 40 heavy (non-hydrogen) atoms. The molecule has 4 atom stereocenters. The van der Waals surface area contributed by atoms with Gasteiger partial charge in [-0.15, -0.1) is 11.3 Å². The van der Waals surface area contributed by atoms with Crippen molar-refractivity contribution < 1.29 is 17.6 Å². The molecule has 4 aromatic rings. The highest BCUT2D eigenvalue weighted by Crippen LogP contribution is 2.55. The van der Waals surface area contributed by atoms with Gasteiger partial charge >= 0.3 is 11.9 Å². The van der Waals surface area contributed by atoms with E-state index in [1.807, 2.05) is 18.7 Å². The number of thiol groups is 1. The van der Waals surface area contributed by atoms with Gasteiger partial charge in [-0.3, -0.25) is 9.55 Å². The minimum absolute atomic E-state index is 0.0548. The molecule has 6 nitrogen and oxygen atoms in total. The summed E-state index contributed by atoms with van der Waals surface area (Å²) < 4.78 is 59.7. The third-order valence-electron chi connectivity index (χ3n) is 7.33. The number of nitrogens with one attached hydrogen (secondary N) is 1. The van der Waals surface area contributed by atoms with Gasteiger partial charge in [-0.2, -0.15) is 29.1 Å². The number of halogens is 5. The van der Waals surface area contributed by atoms with E-state index in [0.717, 1.165) is 16.5 Å². The summed E-state index contributed by atoms with van der Waals surface area (Å²) in [6.07, 6.45) is -1.96. The molecule has 1 fully saturated rings. The van der Waals surface area contributed by atoms with Gasteiger partial charge < -0.3 is 10.2 Å². The van der Waals surface area contributed by atoms with Crippen molar-refractivity contribution in [1.82, 2.24) is 19.9 Å². The number of rotatable bonds is 3. The summed E-state index contributed by atoms with van der Waals surface area (Å²) >= 11 is 7.66. The Hall–Kier alpha value is -2.67. The average molecular weight is 612 g/mol. The van der Waals surface area contributed by atoms with Gasteiger partial charge in [0.15, 0.2) is 0 Å². The molecule has 212 valence electrons. The Labute approximate surface area is 239 Å². The number of piperazine rings is 1. The number of anilines is 1. The lowest BCUT2D eigenvalue weighted by atomic mass is 10.0. The van der Waals surface area contributed by atoms with Crippen molar-refractivity contribution in [2.45, 2.75) is 53.7 Å². The van der Waals surface area contributed by atoms with Crippen LogP contribution in [0.25, 0.3) is 10.9 Å². The minimum atomic E-state index is -4.61. The van der Waals surface area contributed by atoms with E-state index in [0.29, 0.717) is 45.2 Å². The molecule has 2 unspecified atom stereocenters. The van der Waals surface area contributed by atoms with Crippen molar-refractivity contribution in [3.63, 3.8) is 0 Å². The second kappa shape index (κ2) is 10.3. The predicted molar refractivity (Wildman–Crippen MR) is 152 cm³/mol. The van der Waals surface area contributed by atoms with Gasteiger partial charge in [0.25, 0.3) is 0 Å². The van der Waals surface area contributed by atoms with Gasteiger partial charge in [0.05, 0.1) is 22.3 Å². The van der Waals surface area contributed by atoms with Crippen molar-refractivity contribution in [2.24, 2.45) is 0 Å². The lowest BCUT2D eigenvalue weighted by molar-refractivity contribution is -0.137. The third-order valence-corrected chi connectivity index (χ3v) is 11.8. The van der Waals surface area contributed by atoms with Gasteiger partial charge in [-0.25, -0.2) is 9.18 Å². The second-order valence-corrected chi connectivity index (χ2v) is 14.3. The van der Waals surface area contributed by atoms with Crippen LogP contribution in [0.4, 0.5) is 23.4 Å². The van der Waals surface area contributed by atoms with Gasteiger partial charge in [-0.05, 0) is 49.4 Å². The zero-order chi connectivity index (χ0) is 28.3. The Bertz CT molecular complexity index is 1650. The second-order valence-electron chi connectivity index (χ2n) is 10.4. The summed E-state index contributed by atoms with van der Waals surface area (Å²) in [7, 11) is -1.41. The monoisotopic (exact) mass is 611 g/mol. The van der Waals surface area contributed by atoms with E-state index < -0.39 is 34.1 Å². The van der Waals surface area contributed by atoms with Crippen LogP contribution in [-0.2, 0) is 12.7 Å². The normalized spacial score (nSPS) is 24.3. The maximum atomic E-state index is 14.4. The number of pyridine rings is 1. The van der Waals surface area contributed by atoms with Crippen molar-refractivity contribution in [3.8, 4) is 0 Å².